The minimum absolute atomic E-state index is 0.316. The molecule has 2 aliphatic rings. The van der Waals surface area contributed by atoms with Gasteiger partial charge < -0.3 is 15.4 Å². The lowest BCUT2D eigenvalue weighted by Gasteiger charge is -2.08. The SMILES string of the molecule is CCOC(=O)c1ccc(NC2C3CNCC32)nc1. The van der Waals surface area contributed by atoms with Crippen LogP contribution in [-0.2, 0) is 4.74 Å². The van der Waals surface area contributed by atoms with Gasteiger partial charge in [0.05, 0.1) is 12.2 Å². The van der Waals surface area contributed by atoms with Crippen molar-refractivity contribution in [1.82, 2.24) is 10.3 Å². The van der Waals surface area contributed by atoms with Crippen LogP contribution in [0.4, 0.5) is 5.82 Å². The predicted molar refractivity (Wildman–Crippen MR) is 67.5 cm³/mol. The third-order valence-electron chi connectivity index (χ3n) is 3.68. The van der Waals surface area contributed by atoms with Crippen molar-refractivity contribution in [3.05, 3.63) is 23.9 Å². The van der Waals surface area contributed by atoms with E-state index in [1.165, 1.54) is 0 Å². The smallest absolute Gasteiger partial charge is 0.339 e. The zero-order valence-electron chi connectivity index (χ0n) is 10.3. The molecule has 2 atom stereocenters. The Morgan fingerprint density at radius 1 is 1.50 bits per heavy atom. The molecule has 1 aromatic heterocycles. The van der Waals surface area contributed by atoms with Crippen LogP contribution < -0.4 is 10.6 Å². The van der Waals surface area contributed by atoms with Gasteiger partial charge in [0.25, 0.3) is 0 Å². The van der Waals surface area contributed by atoms with E-state index >= 15 is 0 Å². The summed E-state index contributed by atoms with van der Waals surface area (Å²) in [5, 5.41) is 6.77. The Labute approximate surface area is 106 Å². The van der Waals surface area contributed by atoms with Crippen LogP contribution in [0.5, 0.6) is 0 Å². The standard InChI is InChI=1S/C13H17N3O2/c1-2-18-13(17)8-3-4-11(15-5-8)16-12-9-6-14-7-10(9)12/h3-5,9-10,12,14H,2,6-7H2,1H3,(H,15,16). The van der Waals surface area contributed by atoms with E-state index in [-0.39, 0.29) is 5.97 Å². The molecule has 5 nitrogen and oxygen atoms in total. The Hall–Kier alpha value is -1.62. The number of carbonyl (C=O) groups excluding carboxylic acids is 1. The molecule has 0 bridgehead atoms. The number of esters is 1. The first-order valence-electron chi connectivity index (χ1n) is 6.40. The van der Waals surface area contributed by atoms with Crippen molar-refractivity contribution in [3.63, 3.8) is 0 Å². The van der Waals surface area contributed by atoms with Crippen LogP contribution in [0.15, 0.2) is 18.3 Å². The van der Waals surface area contributed by atoms with Gasteiger partial charge in [-0.15, -0.1) is 0 Å². The molecule has 2 heterocycles. The van der Waals surface area contributed by atoms with Crippen molar-refractivity contribution < 1.29 is 9.53 Å². The van der Waals surface area contributed by atoms with E-state index in [0.29, 0.717) is 18.2 Å². The molecule has 96 valence electrons. The monoisotopic (exact) mass is 247 g/mol. The summed E-state index contributed by atoms with van der Waals surface area (Å²) in [6.45, 7) is 4.38. The second-order valence-electron chi connectivity index (χ2n) is 4.81. The highest BCUT2D eigenvalue weighted by Crippen LogP contribution is 2.43. The van der Waals surface area contributed by atoms with Crippen LogP contribution in [0, 0.1) is 11.8 Å². The first-order chi connectivity index (χ1) is 8.79. The lowest BCUT2D eigenvalue weighted by Crippen LogP contribution is -2.21. The van der Waals surface area contributed by atoms with Crippen molar-refractivity contribution in [1.29, 1.82) is 0 Å². The molecule has 2 fully saturated rings. The van der Waals surface area contributed by atoms with E-state index in [1.807, 2.05) is 6.07 Å². The van der Waals surface area contributed by atoms with E-state index in [2.05, 4.69) is 15.6 Å². The van der Waals surface area contributed by atoms with Gasteiger partial charge in [0.2, 0.25) is 0 Å². The van der Waals surface area contributed by atoms with Crippen molar-refractivity contribution in [2.24, 2.45) is 11.8 Å². The molecule has 1 aromatic rings. The van der Waals surface area contributed by atoms with E-state index in [0.717, 1.165) is 30.7 Å². The van der Waals surface area contributed by atoms with Crippen LogP contribution >= 0.6 is 0 Å². The number of piperidine rings is 1. The van der Waals surface area contributed by atoms with Gasteiger partial charge >= 0.3 is 5.97 Å². The maximum absolute atomic E-state index is 11.5. The fourth-order valence-corrected chi connectivity index (χ4v) is 2.62. The van der Waals surface area contributed by atoms with Crippen molar-refractivity contribution in [2.75, 3.05) is 25.0 Å². The fourth-order valence-electron chi connectivity index (χ4n) is 2.62. The summed E-state index contributed by atoms with van der Waals surface area (Å²) < 4.78 is 4.91. The Kier molecular flexibility index (Phi) is 2.91. The summed E-state index contributed by atoms with van der Waals surface area (Å²) in [5.74, 6) is 2.01. The molecular weight excluding hydrogens is 230 g/mol. The van der Waals surface area contributed by atoms with Gasteiger partial charge in [-0.05, 0) is 30.9 Å². The highest BCUT2D eigenvalue weighted by Gasteiger charge is 2.53. The number of fused-ring (bicyclic) bond motifs is 1. The number of anilines is 1. The molecule has 1 saturated heterocycles. The van der Waals surface area contributed by atoms with Crippen LogP contribution in [-0.4, -0.2) is 36.7 Å². The third kappa shape index (κ3) is 2.06. The van der Waals surface area contributed by atoms with Crippen molar-refractivity contribution >= 4 is 11.8 Å². The number of nitrogens with one attached hydrogen (secondary N) is 2. The topological polar surface area (TPSA) is 63.2 Å². The van der Waals surface area contributed by atoms with E-state index < -0.39 is 0 Å². The lowest BCUT2D eigenvalue weighted by atomic mass is 10.3. The minimum atomic E-state index is -0.316. The molecule has 18 heavy (non-hydrogen) atoms. The number of nitrogens with zero attached hydrogens (tertiary/aromatic N) is 1. The van der Waals surface area contributed by atoms with Gasteiger partial charge in [0, 0.05) is 25.3 Å². The summed E-state index contributed by atoms with van der Waals surface area (Å²) >= 11 is 0. The summed E-state index contributed by atoms with van der Waals surface area (Å²) in [4.78, 5) is 15.7. The first-order valence-corrected chi connectivity index (χ1v) is 6.40. The average molecular weight is 247 g/mol. The number of ether oxygens (including phenoxy) is 1. The minimum Gasteiger partial charge on any atom is -0.462 e. The molecule has 3 rings (SSSR count). The normalized spacial score (nSPS) is 28.6. The highest BCUT2D eigenvalue weighted by molar-refractivity contribution is 5.89. The molecule has 1 aliphatic heterocycles. The molecule has 0 aromatic carbocycles. The summed E-state index contributed by atoms with van der Waals surface area (Å²) in [5.41, 5.74) is 0.500. The molecule has 0 radical (unpaired) electrons. The number of hydrogen-bond acceptors (Lipinski definition) is 5. The number of pyridine rings is 1. The Morgan fingerprint density at radius 3 is 2.89 bits per heavy atom. The maximum atomic E-state index is 11.5. The summed E-state index contributed by atoms with van der Waals surface area (Å²) in [7, 11) is 0. The molecule has 1 saturated carbocycles. The quantitative estimate of drug-likeness (QED) is 0.774. The number of hydrogen-bond donors (Lipinski definition) is 2. The third-order valence-corrected chi connectivity index (χ3v) is 3.68. The second kappa shape index (κ2) is 4.57. The van der Waals surface area contributed by atoms with Gasteiger partial charge in [-0.25, -0.2) is 9.78 Å². The van der Waals surface area contributed by atoms with Crippen molar-refractivity contribution in [3.8, 4) is 0 Å². The molecule has 1 aliphatic carbocycles. The molecule has 2 N–H and O–H groups in total. The number of aromatic nitrogens is 1. The lowest BCUT2D eigenvalue weighted by molar-refractivity contribution is 0.0526. The zero-order valence-corrected chi connectivity index (χ0v) is 10.3. The van der Waals surface area contributed by atoms with Crippen molar-refractivity contribution in [2.45, 2.75) is 13.0 Å². The predicted octanol–water partition coefficient (Wildman–Crippen LogP) is 0.888. The molecule has 5 heteroatoms. The fraction of sp³-hybridized carbons (Fsp3) is 0.538. The maximum Gasteiger partial charge on any atom is 0.339 e. The number of rotatable bonds is 4. The van der Waals surface area contributed by atoms with E-state index in [9.17, 15) is 4.79 Å². The molecule has 2 unspecified atom stereocenters. The molecule has 0 amide bonds. The number of carbonyl (C=O) groups is 1. The first kappa shape index (κ1) is 11.5. The van der Waals surface area contributed by atoms with Gasteiger partial charge in [-0.3, -0.25) is 0 Å². The van der Waals surface area contributed by atoms with Gasteiger partial charge in [0.1, 0.15) is 5.82 Å². The van der Waals surface area contributed by atoms with Crippen LogP contribution in [0.1, 0.15) is 17.3 Å². The Balaban J connectivity index is 1.59. The second-order valence-corrected chi connectivity index (χ2v) is 4.81. The van der Waals surface area contributed by atoms with Crippen LogP contribution in [0.25, 0.3) is 0 Å². The van der Waals surface area contributed by atoms with E-state index in [1.54, 1.807) is 19.2 Å². The summed E-state index contributed by atoms with van der Waals surface area (Å²) in [6, 6.07) is 4.14. The van der Waals surface area contributed by atoms with Crippen LogP contribution in [0.3, 0.4) is 0 Å². The summed E-state index contributed by atoms with van der Waals surface area (Å²) in [6.07, 6.45) is 1.57. The van der Waals surface area contributed by atoms with Crippen LogP contribution in [0.2, 0.25) is 0 Å². The molecule has 0 spiro atoms. The Bertz CT molecular complexity index is 436. The van der Waals surface area contributed by atoms with Gasteiger partial charge in [-0.2, -0.15) is 0 Å². The van der Waals surface area contributed by atoms with Gasteiger partial charge in [-0.1, -0.05) is 0 Å². The zero-order chi connectivity index (χ0) is 12.5. The largest absolute Gasteiger partial charge is 0.462 e. The highest BCUT2D eigenvalue weighted by atomic mass is 16.5. The van der Waals surface area contributed by atoms with E-state index in [4.69, 9.17) is 4.74 Å². The Morgan fingerprint density at radius 2 is 2.28 bits per heavy atom. The van der Waals surface area contributed by atoms with Gasteiger partial charge in [0.15, 0.2) is 0 Å². The average Bonchev–Trinajstić information content (AvgIpc) is 2.84. The molecular formula is C13H17N3O2.